The molecule has 22 heavy (non-hydrogen) atoms. The van der Waals surface area contributed by atoms with E-state index in [0.29, 0.717) is 33.3 Å². The standard InChI is InChI=1S/C17H15NO4/c1-22-11-4-5-12(15(18)8-11)14-6-9-2-3-10(19)7-13(9)16(20)17(14)21/h2-8,19-21H,18H2,1H3. The molecule has 3 aromatic rings. The van der Waals surface area contributed by atoms with Gasteiger partial charge in [0.2, 0.25) is 0 Å². The highest BCUT2D eigenvalue weighted by molar-refractivity contribution is 5.98. The molecule has 0 aromatic heterocycles. The van der Waals surface area contributed by atoms with Gasteiger partial charge in [-0.2, -0.15) is 0 Å². The minimum absolute atomic E-state index is 0.0129. The molecular weight excluding hydrogens is 282 g/mol. The number of fused-ring (bicyclic) bond motifs is 1. The number of aromatic hydroxyl groups is 3. The molecule has 0 fully saturated rings. The second-order valence-electron chi connectivity index (χ2n) is 4.98. The van der Waals surface area contributed by atoms with Crippen molar-refractivity contribution < 1.29 is 20.1 Å². The lowest BCUT2D eigenvalue weighted by atomic mass is 9.97. The first kappa shape index (κ1) is 13.9. The van der Waals surface area contributed by atoms with Crippen molar-refractivity contribution in [3.63, 3.8) is 0 Å². The van der Waals surface area contributed by atoms with Crippen LogP contribution in [0.3, 0.4) is 0 Å². The largest absolute Gasteiger partial charge is 0.508 e. The molecule has 5 heteroatoms. The van der Waals surface area contributed by atoms with E-state index in [1.54, 1.807) is 37.4 Å². The summed E-state index contributed by atoms with van der Waals surface area (Å²) >= 11 is 0. The smallest absolute Gasteiger partial charge is 0.166 e. The number of hydrogen-bond acceptors (Lipinski definition) is 5. The van der Waals surface area contributed by atoms with Crippen molar-refractivity contribution in [2.45, 2.75) is 0 Å². The SMILES string of the molecule is COc1ccc(-c2cc3ccc(O)cc3c(O)c2O)c(N)c1. The summed E-state index contributed by atoms with van der Waals surface area (Å²) in [4.78, 5) is 0. The van der Waals surface area contributed by atoms with Gasteiger partial charge < -0.3 is 25.8 Å². The van der Waals surface area contributed by atoms with Crippen LogP contribution in [0.2, 0.25) is 0 Å². The molecule has 3 aromatic carbocycles. The van der Waals surface area contributed by atoms with Crippen LogP contribution in [0.15, 0.2) is 42.5 Å². The van der Waals surface area contributed by atoms with E-state index in [4.69, 9.17) is 10.5 Å². The van der Waals surface area contributed by atoms with E-state index in [1.807, 2.05) is 0 Å². The van der Waals surface area contributed by atoms with Crippen LogP contribution in [-0.2, 0) is 0 Å². The lowest BCUT2D eigenvalue weighted by Gasteiger charge is -2.13. The summed E-state index contributed by atoms with van der Waals surface area (Å²) in [6.45, 7) is 0. The maximum absolute atomic E-state index is 10.3. The first-order valence-corrected chi connectivity index (χ1v) is 6.63. The van der Waals surface area contributed by atoms with E-state index in [9.17, 15) is 15.3 Å². The minimum atomic E-state index is -0.293. The molecule has 0 saturated carbocycles. The summed E-state index contributed by atoms with van der Waals surface area (Å²) in [7, 11) is 1.54. The second kappa shape index (κ2) is 5.04. The lowest BCUT2D eigenvalue weighted by Crippen LogP contribution is -1.93. The molecule has 0 aliphatic carbocycles. The second-order valence-corrected chi connectivity index (χ2v) is 4.98. The highest BCUT2D eigenvalue weighted by Crippen LogP contribution is 2.45. The zero-order valence-electron chi connectivity index (χ0n) is 11.9. The van der Waals surface area contributed by atoms with E-state index in [0.717, 1.165) is 0 Å². The first-order valence-electron chi connectivity index (χ1n) is 6.63. The van der Waals surface area contributed by atoms with Crippen LogP contribution in [0, 0.1) is 0 Å². The number of ether oxygens (including phenoxy) is 1. The fourth-order valence-corrected chi connectivity index (χ4v) is 2.47. The van der Waals surface area contributed by atoms with E-state index >= 15 is 0 Å². The Morgan fingerprint density at radius 2 is 1.64 bits per heavy atom. The number of nitrogens with two attached hydrogens (primary N) is 1. The average Bonchev–Trinajstić information content (AvgIpc) is 2.51. The number of methoxy groups -OCH3 is 1. The highest BCUT2D eigenvalue weighted by atomic mass is 16.5. The third-order valence-corrected chi connectivity index (χ3v) is 3.62. The number of rotatable bonds is 2. The van der Waals surface area contributed by atoms with Crippen LogP contribution in [-0.4, -0.2) is 22.4 Å². The molecule has 0 spiro atoms. The van der Waals surface area contributed by atoms with Gasteiger partial charge in [0.05, 0.1) is 7.11 Å². The molecule has 0 aliphatic rings. The van der Waals surface area contributed by atoms with Crippen molar-refractivity contribution in [3.8, 4) is 34.1 Å². The number of nitrogen functional groups attached to an aromatic ring is 1. The molecular formula is C17H15NO4. The average molecular weight is 297 g/mol. The van der Waals surface area contributed by atoms with Gasteiger partial charge in [-0.1, -0.05) is 6.07 Å². The van der Waals surface area contributed by atoms with Gasteiger partial charge in [0.15, 0.2) is 11.5 Å². The summed E-state index contributed by atoms with van der Waals surface area (Å²) in [6.07, 6.45) is 0. The van der Waals surface area contributed by atoms with Gasteiger partial charge in [0.1, 0.15) is 11.5 Å². The molecule has 112 valence electrons. The Morgan fingerprint density at radius 1 is 0.864 bits per heavy atom. The van der Waals surface area contributed by atoms with Crippen LogP contribution < -0.4 is 10.5 Å². The van der Waals surface area contributed by atoms with Crippen LogP contribution in [0.25, 0.3) is 21.9 Å². The van der Waals surface area contributed by atoms with Gasteiger partial charge in [-0.05, 0) is 35.7 Å². The molecule has 0 heterocycles. The van der Waals surface area contributed by atoms with Crippen LogP contribution in [0.4, 0.5) is 5.69 Å². The predicted molar refractivity (Wildman–Crippen MR) is 85.3 cm³/mol. The summed E-state index contributed by atoms with van der Waals surface area (Å²) in [5.74, 6) is 0.0446. The van der Waals surface area contributed by atoms with Crippen molar-refractivity contribution in [1.29, 1.82) is 0 Å². The Hall–Kier alpha value is -3.08. The molecule has 0 aliphatic heterocycles. The summed E-state index contributed by atoms with van der Waals surface area (Å²) in [5.41, 5.74) is 7.43. The Bertz CT molecular complexity index is 874. The molecule has 0 atom stereocenters. The zero-order valence-corrected chi connectivity index (χ0v) is 11.9. The van der Waals surface area contributed by atoms with Crippen molar-refractivity contribution in [2.24, 2.45) is 0 Å². The third-order valence-electron chi connectivity index (χ3n) is 3.62. The fourth-order valence-electron chi connectivity index (χ4n) is 2.47. The van der Waals surface area contributed by atoms with Crippen LogP contribution in [0.1, 0.15) is 0 Å². The number of hydrogen-bond donors (Lipinski definition) is 4. The molecule has 5 N–H and O–H groups in total. The van der Waals surface area contributed by atoms with Gasteiger partial charge in [0, 0.05) is 28.3 Å². The first-order chi connectivity index (χ1) is 10.5. The lowest BCUT2D eigenvalue weighted by molar-refractivity contribution is 0.409. The number of phenolic OH excluding ortho intramolecular Hbond substituents is 3. The quantitative estimate of drug-likeness (QED) is 0.430. The maximum Gasteiger partial charge on any atom is 0.166 e. The van der Waals surface area contributed by atoms with Crippen molar-refractivity contribution >= 4 is 16.5 Å². The van der Waals surface area contributed by atoms with Crippen molar-refractivity contribution in [3.05, 3.63) is 42.5 Å². The van der Waals surface area contributed by atoms with Gasteiger partial charge in [-0.15, -0.1) is 0 Å². The normalized spacial score (nSPS) is 10.8. The molecule has 3 rings (SSSR count). The Balaban J connectivity index is 2.27. The van der Waals surface area contributed by atoms with Gasteiger partial charge in [0.25, 0.3) is 0 Å². The van der Waals surface area contributed by atoms with Crippen molar-refractivity contribution in [1.82, 2.24) is 0 Å². The third kappa shape index (κ3) is 2.13. The van der Waals surface area contributed by atoms with E-state index in [-0.39, 0.29) is 17.2 Å². The van der Waals surface area contributed by atoms with Gasteiger partial charge in [-0.3, -0.25) is 0 Å². The zero-order chi connectivity index (χ0) is 15.9. The monoisotopic (exact) mass is 297 g/mol. The maximum atomic E-state index is 10.3. The highest BCUT2D eigenvalue weighted by Gasteiger charge is 2.16. The van der Waals surface area contributed by atoms with E-state index < -0.39 is 0 Å². The van der Waals surface area contributed by atoms with Crippen LogP contribution >= 0.6 is 0 Å². The molecule has 0 radical (unpaired) electrons. The molecule has 0 saturated heterocycles. The number of anilines is 1. The van der Waals surface area contributed by atoms with Crippen molar-refractivity contribution in [2.75, 3.05) is 12.8 Å². The predicted octanol–water partition coefficient (Wildman–Crippen LogP) is 3.21. The molecule has 0 unspecified atom stereocenters. The summed E-state index contributed by atoms with van der Waals surface area (Å²) in [5, 5.41) is 31.0. The Kier molecular flexibility index (Phi) is 3.18. The Labute approximate surface area is 126 Å². The summed E-state index contributed by atoms with van der Waals surface area (Å²) in [6, 6.07) is 11.4. The fraction of sp³-hybridized carbons (Fsp3) is 0.0588. The minimum Gasteiger partial charge on any atom is -0.508 e. The summed E-state index contributed by atoms with van der Waals surface area (Å²) < 4.78 is 5.10. The van der Waals surface area contributed by atoms with E-state index in [1.165, 1.54) is 12.1 Å². The van der Waals surface area contributed by atoms with E-state index in [2.05, 4.69) is 0 Å². The molecule has 0 amide bonds. The van der Waals surface area contributed by atoms with Crippen LogP contribution in [0.5, 0.6) is 23.0 Å². The Morgan fingerprint density at radius 3 is 2.32 bits per heavy atom. The van der Waals surface area contributed by atoms with Gasteiger partial charge >= 0.3 is 0 Å². The molecule has 5 nitrogen and oxygen atoms in total. The number of phenols is 3. The number of benzene rings is 3. The molecule has 0 bridgehead atoms. The topological polar surface area (TPSA) is 95.9 Å². The van der Waals surface area contributed by atoms with Gasteiger partial charge in [-0.25, -0.2) is 0 Å².